The molecule has 0 atom stereocenters. The third kappa shape index (κ3) is 4.68. The molecule has 0 aliphatic heterocycles. The van der Waals surface area contributed by atoms with E-state index >= 15 is 0 Å². The summed E-state index contributed by atoms with van der Waals surface area (Å²) >= 11 is 3.37. The van der Waals surface area contributed by atoms with Gasteiger partial charge in [-0.1, -0.05) is 28.1 Å². The molecule has 0 unspecified atom stereocenters. The minimum atomic E-state index is -0.329. The molecule has 2 aromatic heterocycles. The topological polar surface area (TPSA) is 105 Å². The van der Waals surface area contributed by atoms with Crippen molar-refractivity contribution in [3.8, 4) is 22.8 Å². The molecule has 2 heterocycles. The number of aromatic amines is 1. The fraction of sp³-hybridized carbons (Fsp3) is 0. The van der Waals surface area contributed by atoms with Gasteiger partial charge in [0.15, 0.2) is 5.65 Å². The van der Waals surface area contributed by atoms with Gasteiger partial charge in [-0.2, -0.15) is 5.10 Å². The Morgan fingerprint density at radius 3 is 2.33 bits per heavy atom. The fourth-order valence-electron chi connectivity index (χ4n) is 3.29. The van der Waals surface area contributed by atoms with Gasteiger partial charge in [-0.3, -0.25) is 5.10 Å². The average molecular weight is 501 g/mol. The van der Waals surface area contributed by atoms with Crippen molar-refractivity contribution in [2.24, 2.45) is 0 Å². The van der Waals surface area contributed by atoms with E-state index < -0.39 is 0 Å². The number of benzene rings is 3. The lowest BCUT2D eigenvalue weighted by molar-refractivity contribution is 0.262. The van der Waals surface area contributed by atoms with Crippen LogP contribution in [0, 0.1) is 0 Å². The number of fused-ring (bicyclic) bond motifs is 1. The van der Waals surface area contributed by atoms with Gasteiger partial charge in [0.25, 0.3) is 0 Å². The maximum absolute atomic E-state index is 12.2. The third-order valence-corrected chi connectivity index (χ3v) is 5.36. The van der Waals surface area contributed by atoms with E-state index in [0.717, 1.165) is 21.1 Å². The van der Waals surface area contributed by atoms with Crippen LogP contribution in [0.15, 0.2) is 89.8 Å². The van der Waals surface area contributed by atoms with Crippen LogP contribution in [-0.2, 0) is 0 Å². The molecule has 9 heteroatoms. The Morgan fingerprint density at radius 1 is 0.879 bits per heavy atom. The maximum atomic E-state index is 12.2. The number of rotatable bonds is 5. The van der Waals surface area contributed by atoms with Crippen molar-refractivity contribution < 1.29 is 9.53 Å². The van der Waals surface area contributed by atoms with Crippen molar-refractivity contribution in [2.75, 3.05) is 10.6 Å². The van der Waals surface area contributed by atoms with Crippen molar-refractivity contribution >= 4 is 44.4 Å². The molecule has 0 radical (unpaired) electrons. The predicted octanol–water partition coefficient (Wildman–Crippen LogP) is 6.22. The van der Waals surface area contributed by atoms with Crippen molar-refractivity contribution in [2.45, 2.75) is 0 Å². The van der Waals surface area contributed by atoms with Crippen LogP contribution in [0.4, 0.5) is 16.2 Å². The number of nitrogens with zero attached hydrogens (tertiary/aromatic N) is 3. The Morgan fingerprint density at radius 2 is 1.58 bits per heavy atom. The first kappa shape index (κ1) is 20.7. The SMILES string of the molecule is O=C(Nc1ccc(Br)cc1)Nc1ccc(Oc2ccccc2-c2ncnc3[nH]ncc23)cc1. The number of urea groups is 1. The molecular formula is C24H17BrN6O2. The number of H-pyrrole nitrogens is 1. The summed E-state index contributed by atoms with van der Waals surface area (Å²) in [4.78, 5) is 20.9. The molecule has 2 amide bonds. The fourth-order valence-corrected chi connectivity index (χ4v) is 3.56. The molecule has 8 nitrogen and oxygen atoms in total. The van der Waals surface area contributed by atoms with E-state index in [1.54, 1.807) is 30.5 Å². The first-order chi connectivity index (χ1) is 16.2. The van der Waals surface area contributed by atoms with E-state index in [-0.39, 0.29) is 6.03 Å². The van der Waals surface area contributed by atoms with E-state index in [1.165, 1.54) is 6.33 Å². The van der Waals surface area contributed by atoms with Gasteiger partial charge < -0.3 is 15.4 Å². The van der Waals surface area contributed by atoms with Gasteiger partial charge in [-0.25, -0.2) is 14.8 Å². The Labute approximate surface area is 197 Å². The quantitative estimate of drug-likeness (QED) is 0.265. The molecule has 0 spiro atoms. The van der Waals surface area contributed by atoms with Gasteiger partial charge in [0.1, 0.15) is 17.8 Å². The van der Waals surface area contributed by atoms with E-state index in [4.69, 9.17) is 4.74 Å². The normalized spacial score (nSPS) is 10.7. The third-order valence-electron chi connectivity index (χ3n) is 4.83. The second-order valence-corrected chi connectivity index (χ2v) is 7.98. The summed E-state index contributed by atoms with van der Waals surface area (Å²) in [5.74, 6) is 1.27. The summed E-state index contributed by atoms with van der Waals surface area (Å²) in [7, 11) is 0. The van der Waals surface area contributed by atoms with Crippen LogP contribution in [0.2, 0.25) is 0 Å². The zero-order valence-corrected chi connectivity index (χ0v) is 18.7. The summed E-state index contributed by atoms with van der Waals surface area (Å²) in [6.07, 6.45) is 3.19. The van der Waals surface area contributed by atoms with Crippen LogP contribution in [-0.4, -0.2) is 26.2 Å². The minimum absolute atomic E-state index is 0.329. The smallest absolute Gasteiger partial charge is 0.323 e. The number of amides is 2. The van der Waals surface area contributed by atoms with Gasteiger partial charge in [0.05, 0.1) is 17.3 Å². The number of nitrogens with one attached hydrogen (secondary N) is 3. The second kappa shape index (κ2) is 9.09. The highest BCUT2D eigenvalue weighted by Crippen LogP contribution is 2.35. The van der Waals surface area contributed by atoms with Crippen molar-refractivity contribution in [3.63, 3.8) is 0 Å². The molecule has 0 aliphatic carbocycles. The lowest BCUT2D eigenvalue weighted by Crippen LogP contribution is -2.19. The Balaban J connectivity index is 1.31. The second-order valence-electron chi connectivity index (χ2n) is 7.06. The summed E-state index contributed by atoms with van der Waals surface area (Å²) in [6.45, 7) is 0. The standard InChI is InChI=1S/C24H17BrN6O2/c25-15-5-7-16(8-6-15)29-24(32)30-17-9-11-18(12-10-17)33-21-4-2-1-3-19(21)22-20-13-28-31-23(20)27-14-26-22/h1-14H,(H2,29,30,32)(H,26,27,28,31). The summed E-state index contributed by atoms with van der Waals surface area (Å²) in [5.41, 5.74) is 3.55. The summed E-state index contributed by atoms with van der Waals surface area (Å²) in [6, 6.07) is 21.8. The molecule has 0 saturated carbocycles. The number of carbonyl (C=O) groups is 1. The Hall–Kier alpha value is -4.24. The molecular weight excluding hydrogens is 484 g/mol. The number of para-hydroxylation sites is 1. The molecule has 0 bridgehead atoms. The first-order valence-electron chi connectivity index (χ1n) is 10.0. The van der Waals surface area contributed by atoms with Gasteiger partial charge in [0.2, 0.25) is 0 Å². The van der Waals surface area contributed by atoms with Crippen molar-refractivity contribution in [1.82, 2.24) is 20.2 Å². The minimum Gasteiger partial charge on any atom is -0.457 e. The first-order valence-corrected chi connectivity index (χ1v) is 10.8. The van der Waals surface area contributed by atoms with Crippen LogP contribution in [0.5, 0.6) is 11.5 Å². The summed E-state index contributed by atoms with van der Waals surface area (Å²) < 4.78 is 7.08. The molecule has 3 aromatic carbocycles. The van der Waals surface area contributed by atoms with Gasteiger partial charge in [-0.15, -0.1) is 0 Å². The molecule has 0 fully saturated rings. The van der Waals surface area contributed by atoms with Gasteiger partial charge in [0, 0.05) is 21.4 Å². The van der Waals surface area contributed by atoms with Crippen LogP contribution >= 0.6 is 15.9 Å². The highest BCUT2D eigenvalue weighted by molar-refractivity contribution is 9.10. The number of aromatic nitrogens is 4. The summed E-state index contributed by atoms with van der Waals surface area (Å²) in [5, 5.41) is 13.3. The lowest BCUT2D eigenvalue weighted by atomic mass is 10.1. The maximum Gasteiger partial charge on any atom is 0.323 e. The molecule has 3 N–H and O–H groups in total. The molecule has 0 saturated heterocycles. The zero-order chi connectivity index (χ0) is 22.6. The largest absolute Gasteiger partial charge is 0.457 e. The van der Waals surface area contributed by atoms with Crippen LogP contribution in [0.25, 0.3) is 22.3 Å². The Kier molecular flexibility index (Phi) is 5.69. The van der Waals surface area contributed by atoms with E-state index in [2.05, 4.69) is 46.7 Å². The van der Waals surface area contributed by atoms with E-state index in [9.17, 15) is 4.79 Å². The van der Waals surface area contributed by atoms with Gasteiger partial charge in [-0.05, 0) is 60.7 Å². The van der Waals surface area contributed by atoms with Crippen LogP contribution in [0.1, 0.15) is 0 Å². The van der Waals surface area contributed by atoms with Crippen LogP contribution < -0.4 is 15.4 Å². The number of ether oxygens (including phenoxy) is 1. The van der Waals surface area contributed by atoms with E-state index in [1.807, 2.05) is 48.5 Å². The molecule has 5 aromatic rings. The van der Waals surface area contributed by atoms with E-state index in [0.29, 0.717) is 28.5 Å². The van der Waals surface area contributed by atoms with Gasteiger partial charge >= 0.3 is 6.03 Å². The zero-order valence-electron chi connectivity index (χ0n) is 17.1. The highest BCUT2D eigenvalue weighted by atomic mass is 79.9. The van der Waals surface area contributed by atoms with Crippen molar-refractivity contribution in [1.29, 1.82) is 0 Å². The lowest BCUT2D eigenvalue weighted by Gasteiger charge is -2.12. The highest BCUT2D eigenvalue weighted by Gasteiger charge is 2.13. The molecule has 33 heavy (non-hydrogen) atoms. The number of hydrogen-bond donors (Lipinski definition) is 3. The molecule has 162 valence electrons. The number of hydrogen-bond acceptors (Lipinski definition) is 5. The predicted molar refractivity (Wildman–Crippen MR) is 130 cm³/mol. The van der Waals surface area contributed by atoms with Crippen molar-refractivity contribution in [3.05, 3.63) is 89.8 Å². The average Bonchev–Trinajstić information content (AvgIpc) is 3.31. The Bertz CT molecular complexity index is 1420. The number of carbonyl (C=O) groups excluding carboxylic acids is 1. The molecule has 5 rings (SSSR count). The molecule has 0 aliphatic rings. The number of anilines is 2. The monoisotopic (exact) mass is 500 g/mol. The number of halogens is 1. The van der Waals surface area contributed by atoms with Crippen LogP contribution in [0.3, 0.4) is 0 Å².